The van der Waals surface area contributed by atoms with Gasteiger partial charge >= 0.3 is 5.97 Å². The number of esters is 1. The van der Waals surface area contributed by atoms with Crippen molar-refractivity contribution in [2.45, 2.75) is 30.2 Å². The number of benzene rings is 1. The zero-order valence-corrected chi connectivity index (χ0v) is 18.5. The Hall–Kier alpha value is -3.09. The highest BCUT2D eigenvalue weighted by atomic mass is 32.2. The van der Waals surface area contributed by atoms with Crippen LogP contribution < -0.4 is 9.44 Å². The van der Waals surface area contributed by atoms with Crippen LogP contribution in [0.1, 0.15) is 27.6 Å². The number of ether oxygens (including phenoxy) is 1. The summed E-state index contributed by atoms with van der Waals surface area (Å²) in [4.78, 5) is 11.5. The standard InChI is InChI=1S/C19H20N2O8S2/c1-12-17(19(22)27-3)18(13(2)29-12)31(25,26)21-14-6-4-8-16(10-14)30(23,24)20-11-15-7-5-9-28-15/h4-10,20-21H,11H2,1-3H3. The van der Waals surface area contributed by atoms with Gasteiger partial charge in [-0.05, 0) is 44.2 Å². The van der Waals surface area contributed by atoms with Crippen molar-refractivity contribution in [1.29, 1.82) is 0 Å². The summed E-state index contributed by atoms with van der Waals surface area (Å²) in [7, 11) is -7.12. The van der Waals surface area contributed by atoms with Crippen LogP contribution in [0.15, 0.2) is 61.3 Å². The van der Waals surface area contributed by atoms with Gasteiger partial charge in [-0.25, -0.2) is 26.4 Å². The van der Waals surface area contributed by atoms with Crippen LogP contribution in [0.5, 0.6) is 0 Å². The first-order valence-electron chi connectivity index (χ1n) is 8.88. The molecule has 166 valence electrons. The number of rotatable bonds is 8. The van der Waals surface area contributed by atoms with Crippen molar-refractivity contribution in [3.8, 4) is 0 Å². The number of carbonyl (C=O) groups is 1. The average molecular weight is 469 g/mol. The number of carbonyl (C=O) groups excluding carboxylic acids is 1. The third kappa shape index (κ3) is 4.81. The van der Waals surface area contributed by atoms with Crippen LogP contribution in [-0.2, 0) is 31.3 Å². The Morgan fingerprint density at radius 1 is 1.03 bits per heavy atom. The number of nitrogens with one attached hydrogen (secondary N) is 2. The fourth-order valence-corrected chi connectivity index (χ4v) is 5.41. The molecule has 0 aliphatic carbocycles. The largest absolute Gasteiger partial charge is 0.468 e. The van der Waals surface area contributed by atoms with E-state index in [1.807, 2.05) is 0 Å². The van der Waals surface area contributed by atoms with Crippen molar-refractivity contribution in [3.63, 3.8) is 0 Å². The molecule has 0 fully saturated rings. The normalized spacial score (nSPS) is 12.0. The minimum atomic E-state index is -4.29. The molecule has 2 heterocycles. The predicted octanol–water partition coefficient (Wildman–Crippen LogP) is 2.56. The Morgan fingerprint density at radius 2 is 1.77 bits per heavy atom. The molecular weight excluding hydrogens is 448 g/mol. The number of hydrogen-bond acceptors (Lipinski definition) is 8. The summed E-state index contributed by atoms with van der Waals surface area (Å²) in [5.74, 6) is -0.368. The zero-order valence-electron chi connectivity index (χ0n) is 16.8. The third-order valence-electron chi connectivity index (χ3n) is 4.28. The fourth-order valence-electron chi connectivity index (χ4n) is 2.92. The van der Waals surface area contributed by atoms with Gasteiger partial charge in [-0.15, -0.1) is 0 Å². The van der Waals surface area contributed by atoms with E-state index < -0.39 is 26.0 Å². The molecule has 31 heavy (non-hydrogen) atoms. The second-order valence-electron chi connectivity index (χ2n) is 6.45. The molecule has 0 spiro atoms. The summed E-state index contributed by atoms with van der Waals surface area (Å²) in [5, 5.41) is 0. The summed E-state index contributed by atoms with van der Waals surface area (Å²) in [6.45, 7) is 2.77. The summed E-state index contributed by atoms with van der Waals surface area (Å²) in [6.07, 6.45) is 1.42. The molecule has 12 heteroatoms. The molecule has 0 saturated heterocycles. The van der Waals surface area contributed by atoms with E-state index in [9.17, 15) is 21.6 Å². The Balaban J connectivity index is 1.90. The molecule has 2 N–H and O–H groups in total. The Labute approximate surface area is 179 Å². The molecule has 0 amide bonds. The van der Waals surface area contributed by atoms with Crippen LogP contribution >= 0.6 is 0 Å². The number of aryl methyl sites for hydroxylation is 2. The van der Waals surface area contributed by atoms with E-state index in [0.717, 1.165) is 13.2 Å². The molecule has 1 aromatic carbocycles. The number of sulfonamides is 2. The maximum absolute atomic E-state index is 13.0. The van der Waals surface area contributed by atoms with Gasteiger partial charge in [-0.1, -0.05) is 6.07 Å². The van der Waals surface area contributed by atoms with Gasteiger partial charge in [-0.2, -0.15) is 0 Å². The molecule has 10 nitrogen and oxygen atoms in total. The SMILES string of the molecule is COC(=O)c1c(C)oc(C)c1S(=O)(=O)Nc1cccc(S(=O)(=O)NCc2ccco2)c1. The van der Waals surface area contributed by atoms with Crippen molar-refractivity contribution >= 4 is 31.7 Å². The van der Waals surface area contributed by atoms with E-state index in [1.165, 1.54) is 38.3 Å². The molecule has 0 aliphatic rings. The molecule has 3 rings (SSSR count). The van der Waals surface area contributed by atoms with E-state index in [2.05, 4.69) is 14.2 Å². The lowest BCUT2D eigenvalue weighted by Crippen LogP contribution is -2.23. The van der Waals surface area contributed by atoms with Crippen molar-refractivity contribution in [3.05, 3.63) is 65.5 Å². The van der Waals surface area contributed by atoms with Crippen molar-refractivity contribution < 1.29 is 35.2 Å². The van der Waals surface area contributed by atoms with Gasteiger partial charge < -0.3 is 13.6 Å². The van der Waals surface area contributed by atoms with Crippen LogP contribution in [0, 0.1) is 13.8 Å². The van der Waals surface area contributed by atoms with E-state index in [1.54, 1.807) is 12.1 Å². The van der Waals surface area contributed by atoms with Crippen LogP contribution in [0.3, 0.4) is 0 Å². The van der Waals surface area contributed by atoms with Gasteiger partial charge in [0.1, 0.15) is 27.7 Å². The highest BCUT2D eigenvalue weighted by Gasteiger charge is 2.32. The third-order valence-corrected chi connectivity index (χ3v) is 7.21. The molecule has 0 bridgehead atoms. The molecule has 0 unspecified atom stereocenters. The van der Waals surface area contributed by atoms with Crippen molar-refractivity contribution in [2.75, 3.05) is 11.8 Å². The number of furan rings is 2. The number of hydrogen-bond donors (Lipinski definition) is 2. The summed E-state index contributed by atoms with van der Waals surface area (Å²) >= 11 is 0. The molecule has 0 saturated carbocycles. The molecule has 0 radical (unpaired) electrons. The monoisotopic (exact) mass is 468 g/mol. The Morgan fingerprint density at radius 3 is 2.42 bits per heavy atom. The highest BCUT2D eigenvalue weighted by molar-refractivity contribution is 7.93. The minimum Gasteiger partial charge on any atom is -0.468 e. The van der Waals surface area contributed by atoms with Gasteiger partial charge in [0.05, 0.1) is 30.5 Å². The minimum absolute atomic E-state index is 0.00529. The van der Waals surface area contributed by atoms with Crippen LogP contribution in [0.4, 0.5) is 5.69 Å². The van der Waals surface area contributed by atoms with Crippen LogP contribution in [0.25, 0.3) is 0 Å². The van der Waals surface area contributed by atoms with E-state index in [-0.39, 0.29) is 39.1 Å². The van der Waals surface area contributed by atoms with Crippen molar-refractivity contribution in [2.24, 2.45) is 0 Å². The quantitative estimate of drug-likeness (QED) is 0.480. The first-order chi connectivity index (χ1) is 14.5. The number of anilines is 1. The lowest BCUT2D eigenvalue weighted by atomic mass is 10.2. The first-order valence-corrected chi connectivity index (χ1v) is 11.8. The smallest absolute Gasteiger partial charge is 0.342 e. The highest BCUT2D eigenvalue weighted by Crippen LogP contribution is 2.29. The molecule has 3 aromatic rings. The van der Waals surface area contributed by atoms with E-state index >= 15 is 0 Å². The van der Waals surface area contributed by atoms with Gasteiger partial charge in [0.15, 0.2) is 0 Å². The average Bonchev–Trinajstić information content (AvgIpc) is 3.33. The van der Waals surface area contributed by atoms with E-state index in [4.69, 9.17) is 8.83 Å². The summed E-state index contributed by atoms with van der Waals surface area (Å²) in [5.41, 5.74) is -0.244. The van der Waals surface area contributed by atoms with E-state index in [0.29, 0.717) is 5.76 Å². The first kappa shape index (κ1) is 22.6. The van der Waals surface area contributed by atoms with Crippen LogP contribution in [0.2, 0.25) is 0 Å². The van der Waals surface area contributed by atoms with Gasteiger partial charge in [0.2, 0.25) is 10.0 Å². The fraction of sp³-hybridized carbons (Fsp3) is 0.211. The topological polar surface area (TPSA) is 145 Å². The Kier molecular flexibility index (Phi) is 6.25. The van der Waals surface area contributed by atoms with Gasteiger partial charge in [0, 0.05) is 0 Å². The van der Waals surface area contributed by atoms with Gasteiger partial charge in [0.25, 0.3) is 10.0 Å². The second-order valence-corrected chi connectivity index (χ2v) is 9.83. The molecular formula is C19H20N2O8S2. The molecule has 2 aromatic heterocycles. The Bertz CT molecular complexity index is 1310. The van der Waals surface area contributed by atoms with Crippen molar-refractivity contribution in [1.82, 2.24) is 4.72 Å². The molecule has 0 aliphatic heterocycles. The maximum Gasteiger partial charge on any atom is 0.342 e. The summed E-state index contributed by atoms with van der Waals surface area (Å²) < 4.78 is 70.7. The zero-order chi connectivity index (χ0) is 22.8. The lowest BCUT2D eigenvalue weighted by Gasteiger charge is -2.11. The second kappa shape index (κ2) is 8.57. The van der Waals surface area contributed by atoms with Crippen LogP contribution in [-0.4, -0.2) is 29.9 Å². The van der Waals surface area contributed by atoms with Gasteiger partial charge in [-0.3, -0.25) is 4.72 Å². The maximum atomic E-state index is 13.0. The molecule has 0 atom stereocenters. The summed E-state index contributed by atoms with van der Waals surface area (Å²) in [6, 6.07) is 8.47. The number of methoxy groups -OCH3 is 1. The predicted molar refractivity (Wildman–Crippen MR) is 110 cm³/mol. The lowest BCUT2D eigenvalue weighted by molar-refractivity contribution is 0.0595.